The number of rotatable bonds is 3. The van der Waals surface area contributed by atoms with Crippen molar-refractivity contribution < 1.29 is 14.3 Å². The molecule has 0 saturated carbocycles. The summed E-state index contributed by atoms with van der Waals surface area (Å²) in [4.78, 5) is 22.8. The van der Waals surface area contributed by atoms with Crippen molar-refractivity contribution in [1.82, 2.24) is 5.32 Å². The molecule has 4 heteroatoms. The number of hydrogen-bond acceptors (Lipinski definition) is 3. The first kappa shape index (κ1) is 15.9. The Bertz CT molecular complexity index is 284. The van der Waals surface area contributed by atoms with Gasteiger partial charge in [0.2, 0.25) is 0 Å². The van der Waals surface area contributed by atoms with Crippen molar-refractivity contribution in [3.63, 3.8) is 0 Å². The molecule has 1 amide bonds. The molecule has 4 nitrogen and oxygen atoms in total. The Balaban J connectivity index is 4.55. The highest BCUT2D eigenvalue weighted by atomic mass is 16.6. The highest BCUT2D eigenvalue weighted by Crippen LogP contribution is 2.22. The number of nitrogens with one attached hydrogen (secondary N) is 1. The van der Waals surface area contributed by atoms with Crippen LogP contribution < -0.4 is 5.32 Å². The topological polar surface area (TPSA) is 55.4 Å². The molecule has 0 spiro atoms. The number of alkyl carbamates (subject to hydrolysis) is 1. The number of ether oxygens (including phenoxy) is 1. The van der Waals surface area contributed by atoms with Gasteiger partial charge in [-0.1, -0.05) is 20.8 Å². The fraction of sp³-hybridized carbons (Fsp3) is 0.846. The van der Waals surface area contributed by atoms with Crippen molar-refractivity contribution >= 4 is 11.9 Å². The van der Waals surface area contributed by atoms with E-state index in [-0.39, 0.29) is 17.2 Å². The quantitative estimate of drug-likeness (QED) is 0.829. The minimum atomic E-state index is -0.525. The molecule has 0 rings (SSSR count). The lowest BCUT2D eigenvalue weighted by atomic mass is 9.84. The van der Waals surface area contributed by atoms with Crippen molar-refractivity contribution in [3.05, 3.63) is 0 Å². The van der Waals surface area contributed by atoms with Crippen LogP contribution in [-0.2, 0) is 9.53 Å². The van der Waals surface area contributed by atoms with E-state index in [0.29, 0.717) is 6.42 Å². The highest BCUT2D eigenvalue weighted by molar-refractivity contribution is 5.77. The Hall–Kier alpha value is -1.06. The summed E-state index contributed by atoms with van der Waals surface area (Å²) < 4.78 is 5.18. The van der Waals surface area contributed by atoms with Gasteiger partial charge in [0.05, 0.1) is 0 Å². The van der Waals surface area contributed by atoms with Crippen LogP contribution in [0.5, 0.6) is 0 Å². The Kier molecular flexibility index (Phi) is 5.17. The molecule has 0 bridgehead atoms. The first-order valence-electron chi connectivity index (χ1n) is 5.91. The normalized spacial score (nSPS) is 14.1. The van der Waals surface area contributed by atoms with Crippen LogP contribution in [0.3, 0.4) is 0 Å². The minimum absolute atomic E-state index is 0.0565. The lowest BCUT2D eigenvalue weighted by Crippen LogP contribution is -2.46. The first-order valence-corrected chi connectivity index (χ1v) is 5.91. The Morgan fingerprint density at radius 3 is 1.88 bits per heavy atom. The van der Waals surface area contributed by atoms with Crippen molar-refractivity contribution in [3.8, 4) is 0 Å². The summed E-state index contributed by atoms with van der Waals surface area (Å²) >= 11 is 0. The number of ketones is 1. The number of Topliss-reactive ketones (excluding diaryl/α,β-unsaturated/α-hetero) is 1. The van der Waals surface area contributed by atoms with Gasteiger partial charge in [-0.2, -0.15) is 0 Å². The van der Waals surface area contributed by atoms with E-state index in [1.165, 1.54) is 6.92 Å². The van der Waals surface area contributed by atoms with E-state index in [4.69, 9.17) is 4.74 Å². The Morgan fingerprint density at radius 1 is 1.12 bits per heavy atom. The lowest BCUT2D eigenvalue weighted by Gasteiger charge is -2.31. The third-order valence-corrected chi connectivity index (χ3v) is 2.23. The van der Waals surface area contributed by atoms with Crippen molar-refractivity contribution in [1.29, 1.82) is 0 Å². The van der Waals surface area contributed by atoms with Gasteiger partial charge in [-0.05, 0) is 33.1 Å². The summed E-state index contributed by atoms with van der Waals surface area (Å²) in [7, 11) is 0. The molecule has 0 aromatic heterocycles. The van der Waals surface area contributed by atoms with Gasteiger partial charge in [-0.15, -0.1) is 0 Å². The van der Waals surface area contributed by atoms with Crippen LogP contribution in [0.1, 0.15) is 54.9 Å². The zero-order valence-electron chi connectivity index (χ0n) is 12.0. The van der Waals surface area contributed by atoms with Crippen LogP contribution >= 0.6 is 0 Å². The number of carbonyl (C=O) groups is 2. The monoisotopic (exact) mass is 243 g/mol. The predicted molar refractivity (Wildman–Crippen MR) is 67.9 cm³/mol. The van der Waals surface area contributed by atoms with E-state index in [0.717, 1.165) is 0 Å². The fourth-order valence-electron chi connectivity index (χ4n) is 1.31. The van der Waals surface area contributed by atoms with Crippen LogP contribution in [0.25, 0.3) is 0 Å². The Morgan fingerprint density at radius 2 is 1.59 bits per heavy atom. The summed E-state index contributed by atoms with van der Waals surface area (Å²) in [6.45, 7) is 12.9. The average Bonchev–Trinajstić information content (AvgIpc) is 1.95. The second kappa shape index (κ2) is 5.52. The van der Waals surface area contributed by atoms with Gasteiger partial charge in [0.15, 0.2) is 0 Å². The fourth-order valence-corrected chi connectivity index (χ4v) is 1.31. The van der Waals surface area contributed by atoms with Gasteiger partial charge >= 0.3 is 6.09 Å². The second-order valence-electron chi connectivity index (χ2n) is 6.47. The summed E-state index contributed by atoms with van der Waals surface area (Å²) in [5.74, 6) is 0.0565. The summed E-state index contributed by atoms with van der Waals surface area (Å²) in [5.41, 5.74) is -0.703. The molecule has 0 aromatic carbocycles. The molecule has 100 valence electrons. The van der Waals surface area contributed by atoms with Crippen molar-refractivity contribution in [2.75, 3.05) is 0 Å². The van der Waals surface area contributed by atoms with E-state index >= 15 is 0 Å². The summed E-state index contributed by atoms with van der Waals surface area (Å²) in [6, 6.07) is -0.213. The molecule has 0 radical (unpaired) electrons. The molecular formula is C13H25NO3. The molecule has 1 unspecified atom stereocenters. The maximum Gasteiger partial charge on any atom is 0.407 e. The molecule has 0 fully saturated rings. The number of amides is 1. The first-order chi connectivity index (χ1) is 7.42. The van der Waals surface area contributed by atoms with Crippen LogP contribution in [0, 0.1) is 5.41 Å². The van der Waals surface area contributed by atoms with Crippen molar-refractivity contribution in [2.45, 2.75) is 66.5 Å². The SMILES string of the molecule is CC(=O)CC(NC(=O)OC(C)(C)C)C(C)(C)C. The van der Waals surface area contributed by atoms with Gasteiger partial charge in [0.1, 0.15) is 11.4 Å². The maximum absolute atomic E-state index is 11.7. The summed E-state index contributed by atoms with van der Waals surface area (Å²) in [6.07, 6.45) is -0.151. The maximum atomic E-state index is 11.7. The standard InChI is InChI=1S/C13H25NO3/c1-9(15)8-10(12(2,3)4)14-11(16)17-13(5,6)7/h10H,8H2,1-7H3,(H,14,16). The van der Waals surface area contributed by atoms with E-state index in [2.05, 4.69) is 5.32 Å². The number of carbonyl (C=O) groups excluding carboxylic acids is 2. The smallest absolute Gasteiger partial charge is 0.407 e. The van der Waals surface area contributed by atoms with Crippen LogP contribution in [0.4, 0.5) is 4.79 Å². The molecule has 0 aliphatic carbocycles. The van der Waals surface area contributed by atoms with E-state index in [1.54, 1.807) is 0 Å². The highest BCUT2D eigenvalue weighted by Gasteiger charge is 2.29. The molecule has 0 aromatic rings. The van der Waals surface area contributed by atoms with E-state index in [1.807, 2.05) is 41.5 Å². The molecule has 0 aliphatic rings. The second-order valence-corrected chi connectivity index (χ2v) is 6.47. The van der Waals surface area contributed by atoms with Crippen LogP contribution in [-0.4, -0.2) is 23.5 Å². The molecule has 1 N–H and O–H groups in total. The zero-order chi connectivity index (χ0) is 13.9. The molecule has 1 atom stereocenters. The summed E-state index contributed by atoms with van der Waals surface area (Å²) in [5, 5.41) is 2.76. The molecule has 0 saturated heterocycles. The van der Waals surface area contributed by atoms with Gasteiger partial charge in [0, 0.05) is 12.5 Å². The molecule has 0 heterocycles. The zero-order valence-corrected chi connectivity index (χ0v) is 12.0. The molecular weight excluding hydrogens is 218 g/mol. The lowest BCUT2D eigenvalue weighted by molar-refractivity contribution is -0.118. The van der Waals surface area contributed by atoms with E-state index < -0.39 is 11.7 Å². The Labute approximate surface area is 104 Å². The molecule has 17 heavy (non-hydrogen) atoms. The third kappa shape index (κ3) is 7.77. The van der Waals surface area contributed by atoms with Crippen LogP contribution in [0.2, 0.25) is 0 Å². The van der Waals surface area contributed by atoms with E-state index in [9.17, 15) is 9.59 Å². The van der Waals surface area contributed by atoms with Gasteiger partial charge in [-0.25, -0.2) is 4.79 Å². The minimum Gasteiger partial charge on any atom is -0.444 e. The third-order valence-electron chi connectivity index (χ3n) is 2.23. The van der Waals surface area contributed by atoms with Gasteiger partial charge < -0.3 is 10.1 Å². The largest absolute Gasteiger partial charge is 0.444 e. The average molecular weight is 243 g/mol. The van der Waals surface area contributed by atoms with Crippen LogP contribution in [0.15, 0.2) is 0 Å². The van der Waals surface area contributed by atoms with Gasteiger partial charge in [0.25, 0.3) is 0 Å². The predicted octanol–water partition coefficient (Wildman–Crippen LogP) is 2.90. The van der Waals surface area contributed by atoms with Crippen molar-refractivity contribution in [2.24, 2.45) is 5.41 Å². The number of hydrogen-bond donors (Lipinski definition) is 1. The van der Waals surface area contributed by atoms with Gasteiger partial charge in [-0.3, -0.25) is 4.79 Å². The molecule has 0 aliphatic heterocycles.